The van der Waals surface area contributed by atoms with Crippen molar-refractivity contribution < 1.29 is 18.0 Å². The minimum absolute atomic E-state index is 0.0690. The molecule has 4 rings (SSSR count). The predicted molar refractivity (Wildman–Crippen MR) is 107 cm³/mol. The summed E-state index contributed by atoms with van der Waals surface area (Å²) in [5, 5.41) is 4.99. The van der Waals surface area contributed by atoms with Crippen molar-refractivity contribution in [2.75, 3.05) is 0 Å². The van der Waals surface area contributed by atoms with Gasteiger partial charge in [0.1, 0.15) is 4.90 Å². The second kappa shape index (κ2) is 6.42. The zero-order valence-electron chi connectivity index (χ0n) is 15.9. The van der Waals surface area contributed by atoms with Gasteiger partial charge < -0.3 is 5.32 Å². The van der Waals surface area contributed by atoms with Gasteiger partial charge in [-0.05, 0) is 47.9 Å². The molecule has 28 heavy (non-hydrogen) atoms. The van der Waals surface area contributed by atoms with Gasteiger partial charge in [0.2, 0.25) is 0 Å². The van der Waals surface area contributed by atoms with E-state index in [0.29, 0.717) is 12.8 Å². The van der Waals surface area contributed by atoms with Gasteiger partial charge in [-0.25, -0.2) is 12.7 Å². The number of nitrogens with one attached hydrogen (secondary N) is 1. The lowest BCUT2D eigenvalue weighted by Crippen LogP contribution is -2.36. The summed E-state index contributed by atoms with van der Waals surface area (Å²) >= 11 is 1.56. The maximum absolute atomic E-state index is 12.9. The lowest BCUT2D eigenvalue weighted by atomic mass is 9.85. The Hall–Kier alpha value is -2.19. The first-order valence-electron chi connectivity index (χ1n) is 9.18. The average molecular weight is 419 g/mol. The molecule has 1 unspecified atom stereocenters. The van der Waals surface area contributed by atoms with E-state index in [2.05, 4.69) is 5.32 Å². The van der Waals surface area contributed by atoms with E-state index in [1.165, 1.54) is 18.2 Å². The van der Waals surface area contributed by atoms with Crippen LogP contribution in [-0.2, 0) is 10.0 Å². The number of hydrogen-bond acceptors (Lipinski definition) is 5. The molecule has 1 aromatic heterocycles. The number of amides is 2. The van der Waals surface area contributed by atoms with Crippen molar-refractivity contribution in [3.05, 3.63) is 51.7 Å². The summed E-state index contributed by atoms with van der Waals surface area (Å²) in [6.07, 6.45) is 1.39. The summed E-state index contributed by atoms with van der Waals surface area (Å²) in [4.78, 5) is 26.4. The maximum atomic E-state index is 12.9. The molecule has 1 atom stereocenters. The van der Waals surface area contributed by atoms with Crippen LogP contribution in [0.5, 0.6) is 0 Å². The minimum Gasteiger partial charge on any atom is -0.344 e. The molecule has 1 aliphatic carbocycles. The molecule has 1 fully saturated rings. The molecule has 8 heteroatoms. The van der Waals surface area contributed by atoms with Crippen molar-refractivity contribution in [3.63, 3.8) is 0 Å². The summed E-state index contributed by atoms with van der Waals surface area (Å²) < 4.78 is 26.6. The molecule has 148 valence electrons. The minimum atomic E-state index is -3.88. The highest BCUT2D eigenvalue weighted by atomic mass is 32.2. The van der Waals surface area contributed by atoms with E-state index in [0.717, 1.165) is 9.18 Å². The topological polar surface area (TPSA) is 83.6 Å². The molecule has 1 saturated carbocycles. The monoisotopic (exact) mass is 418 g/mol. The van der Waals surface area contributed by atoms with Crippen molar-refractivity contribution in [2.45, 2.75) is 50.6 Å². The first-order chi connectivity index (χ1) is 13.1. The Labute approximate surface area is 168 Å². The normalized spacial score (nSPS) is 19.4. The van der Waals surface area contributed by atoms with E-state index in [4.69, 9.17) is 0 Å². The molecule has 2 amide bonds. The van der Waals surface area contributed by atoms with Gasteiger partial charge in [0, 0.05) is 16.5 Å². The summed E-state index contributed by atoms with van der Waals surface area (Å²) in [5.74, 6) is -0.848. The van der Waals surface area contributed by atoms with Gasteiger partial charge in [0.25, 0.3) is 21.8 Å². The standard InChI is InChI=1S/C20H22N2O4S2/c1-20(2,3)17(15-5-4-10-27-15)21-18(23)12-6-9-14-16(11-12)28(25,26)22(19(14)24)13-7-8-13/h4-6,9-11,13,17H,7-8H2,1-3H3,(H,21,23). The third-order valence-electron chi connectivity index (χ3n) is 5.06. The second-order valence-corrected chi connectivity index (χ2v) is 11.1. The smallest absolute Gasteiger partial charge is 0.269 e. The average Bonchev–Trinajstić information content (AvgIpc) is 3.24. The highest BCUT2D eigenvalue weighted by molar-refractivity contribution is 7.90. The molecule has 2 heterocycles. The van der Waals surface area contributed by atoms with Crippen LogP contribution in [0, 0.1) is 5.41 Å². The van der Waals surface area contributed by atoms with Crippen LogP contribution in [0.25, 0.3) is 0 Å². The molecule has 0 saturated heterocycles. The Kier molecular flexibility index (Phi) is 4.39. The van der Waals surface area contributed by atoms with Gasteiger partial charge >= 0.3 is 0 Å². The molecular weight excluding hydrogens is 396 g/mol. The summed E-state index contributed by atoms with van der Waals surface area (Å²) in [5.41, 5.74) is 0.162. The van der Waals surface area contributed by atoms with Gasteiger partial charge in [-0.1, -0.05) is 26.8 Å². The van der Waals surface area contributed by atoms with Crippen molar-refractivity contribution in [1.29, 1.82) is 0 Å². The van der Waals surface area contributed by atoms with Gasteiger partial charge in [-0.2, -0.15) is 0 Å². The van der Waals surface area contributed by atoms with E-state index in [9.17, 15) is 18.0 Å². The first kappa shape index (κ1) is 19.1. The number of carbonyl (C=O) groups excluding carboxylic acids is 2. The first-order valence-corrected chi connectivity index (χ1v) is 11.5. The number of benzene rings is 1. The van der Waals surface area contributed by atoms with Crippen LogP contribution in [0.3, 0.4) is 0 Å². The van der Waals surface area contributed by atoms with Gasteiger partial charge in [-0.15, -0.1) is 11.3 Å². The number of fused-ring (bicyclic) bond motifs is 1. The maximum Gasteiger partial charge on any atom is 0.269 e. The number of nitrogens with zero attached hydrogens (tertiary/aromatic N) is 1. The second-order valence-electron chi connectivity index (χ2n) is 8.34. The molecule has 0 bridgehead atoms. The molecule has 1 N–H and O–H groups in total. The molecule has 1 aliphatic heterocycles. The summed E-state index contributed by atoms with van der Waals surface area (Å²) in [6.45, 7) is 6.12. The van der Waals surface area contributed by atoms with E-state index < -0.39 is 15.9 Å². The quantitative estimate of drug-likeness (QED) is 0.823. The van der Waals surface area contributed by atoms with Crippen LogP contribution >= 0.6 is 11.3 Å². The fraction of sp³-hybridized carbons (Fsp3) is 0.400. The van der Waals surface area contributed by atoms with Crippen LogP contribution in [0.1, 0.15) is 65.2 Å². The van der Waals surface area contributed by atoms with Gasteiger partial charge in [0.05, 0.1) is 11.6 Å². The molecule has 2 aliphatic rings. The molecule has 2 aromatic rings. The lowest BCUT2D eigenvalue weighted by molar-refractivity contribution is 0.0862. The van der Waals surface area contributed by atoms with Crippen molar-refractivity contribution in [3.8, 4) is 0 Å². The van der Waals surface area contributed by atoms with E-state index in [1.807, 2.05) is 38.3 Å². The lowest BCUT2D eigenvalue weighted by Gasteiger charge is -2.30. The zero-order valence-corrected chi connectivity index (χ0v) is 17.6. The number of rotatable bonds is 4. The largest absolute Gasteiger partial charge is 0.344 e. The van der Waals surface area contributed by atoms with Crippen LogP contribution in [0.2, 0.25) is 0 Å². The summed E-state index contributed by atoms with van der Waals surface area (Å²) in [7, 11) is -3.88. The highest BCUT2D eigenvalue weighted by Gasteiger charge is 2.48. The van der Waals surface area contributed by atoms with Gasteiger partial charge in [-0.3, -0.25) is 9.59 Å². The van der Waals surface area contributed by atoms with Crippen LogP contribution in [0.4, 0.5) is 0 Å². The third-order valence-corrected chi connectivity index (χ3v) is 7.87. The number of hydrogen-bond donors (Lipinski definition) is 1. The zero-order chi connectivity index (χ0) is 20.3. The summed E-state index contributed by atoms with van der Waals surface area (Å²) in [6, 6.07) is 7.75. The fourth-order valence-corrected chi connectivity index (χ4v) is 6.30. The van der Waals surface area contributed by atoms with Crippen LogP contribution in [-0.4, -0.2) is 30.6 Å². The van der Waals surface area contributed by atoms with Gasteiger partial charge in [0.15, 0.2) is 0 Å². The Morgan fingerprint density at radius 2 is 1.96 bits per heavy atom. The van der Waals surface area contributed by atoms with Crippen molar-refractivity contribution in [2.24, 2.45) is 5.41 Å². The fourth-order valence-electron chi connectivity index (χ4n) is 3.44. The molecular formula is C20H22N2O4S2. The number of thiophene rings is 1. The van der Waals surface area contributed by atoms with E-state index in [1.54, 1.807) is 11.3 Å². The van der Waals surface area contributed by atoms with E-state index in [-0.39, 0.29) is 39.4 Å². The number of carbonyl (C=O) groups is 2. The molecule has 0 spiro atoms. The van der Waals surface area contributed by atoms with Crippen LogP contribution in [0.15, 0.2) is 40.6 Å². The molecule has 0 radical (unpaired) electrons. The Morgan fingerprint density at radius 3 is 2.54 bits per heavy atom. The van der Waals surface area contributed by atoms with Crippen LogP contribution < -0.4 is 5.32 Å². The van der Waals surface area contributed by atoms with Crippen molar-refractivity contribution in [1.82, 2.24) is 9.62 Å². The van der Waals surface area contributed by atoms with Crippen molar-refractivity contribution >= 4 is 33.2 Å². The molecule has 1 aromatic carbocycles. The SMILES string of the molecule is CC(C)(C)C(NC(=O)c1ccc2c(c1)S(=O)(=O)N(C1CC1)C2=O)c1cccs1. The third kappa shape index (κ3) is 3.14. The Morgan fingerprint density at radius 1 is 1.25 bits per heavy atom. The molecule has 6 nitrogen and oxygen atoms in total. The van der Waals surface area contributed by atoms with E-state index >= 15 is 0 Å². The Balaban J connectivity index is 1.65. The Bertz CT molecular complexity index is 1050. The predicted octanol–water partition coefficient (Wildman–Crippen LogP) is 3.57. The number of sulfonamides is 1. The highest BCUT2D eigenvalue weighted by Crippen LogP contribution is 2.40.